The van der Waals surface area contributed by atoms with Gasteiger partial charge in [-0.25, -0.2) is 0 Å². The van der Waals surface area contributed by atoms with Gasteiger partial charge in [0, 0.05) is 5.41 Å². The van der Waals surface area contributed by atoms with Crippen molar-refractivity contribution in [3.63, 3.8) is 0 Å². The number of hydrogen-bond acceptors (Lipinski definition) is 3. The van der Waals surface area contributed by atoms with Crippen LogP contribution in [-0.4, -0.2) is 11.8 Å². The normalized spacial score (nSPS) is 11.0. The van der Waals surface area contributed by atoms with E-state index in [9.17, 15) is 14.7 Å². The van der Waals surface area contributed by atoms with Gasteiger partial charge in [0.1, 0.15) is 5.97 Å². The van der Waals surface area contributed by atoms with E-state index in [1.54, 1.807) is 0 Å². The van der Waals surface area contributed by atoms with Crippen molar-refractivity contribution in [2.45, 2.75) is 20.8 Å². The van der Waals surface area contributed by atoms with Gasteiger partial charge in [-0.05, 0) is 0 Å². The molecule has 0 aliphatic heterocycles. The number of aliphatic carboxylic acids is 1. The molecule has 9 heavy (non-hydrogen) atoms. The molecule has 0 aromatic rings. The molecular formula is C6H9O3-. The molecule has 0 rings (SSSR count). The lowest BCUT2D eigenvalue weighted by Crippen LogP contribution is -2.39. The number of carboxylic acid groups (broad SMARTS) is 1. The smallest absolute Gasteiger partial charge is 0.183 e. The van der Waals surface area contributed by atoms with E-state index in [1.807, 2.05) is 0 Å². The maximum absolute atomic E-state index is 10.5. The van der Waals surface area contributed by atoms with E-state index in [-0.39, 0.29) is 0 Å². The zero-order chi connectivity index (χ0) is 7.65. The summed E-state index contributed by atoms with van der Waals surface area (Å²) in [6, 6.07) is 0. The standard InChI is InChI=1S/C6H10O3/c1-6(2,3)4(7)5(8)9/h1-3H3,(H,8,9)/p-1. The zero-order valence-corrected chi connectivity index (χ0v) is 5.72. The Kier molecular flexibility index (Phi) is 1.96. The summed E-state index contributed by atoms with van der Waals surface area (Å²) in [6.45, 7) is 4.60. The largest absolute Gasteiger partial charge is 0.542 e. The summed E-state index contributed by atoms with van der Waals surface area (Å²) in [5.41, 5.74) is -0.821. The fraction of sp³-hybridized carbons (Fsp3) is 0.667. The van der Waals surface area contributed by atoms with Crippen molar-refractivity contribution in [3.8, 4) is 0 Å². The Labute approximate surface area is 53.7 Å². The van der Waals surface area contributed by atoms with Crippen molar-refractivity contribution >= 4 is 11.8 Å². The van der Waals surface area contributed by atoms with Gasteiger partial charge in [0.05, 0.1) is 0 Å². The molecule has 0 amide bonds. The van der Waals surface area contributed by atoms with Gasteiger partial charge < -0.3 is 9.90 Å². The van der Waals surface area contributed by atoms with E-state index in [4.69, 9.17) is 0 Å². The maximum atomic E-state index is 10.5. The number of Topliss-reactive ketones (excluding diaryl/α,β-unsaturated/α-hetero) is 1. The first-order valence-electron chi connectivity index (χ1n) is 2.61. The Morgan fingerprint density at radius 1 is 1.22 bits per heavy atom. The Balaban J connectivity index is 4.23. The molecule has 0 N–H and O–H groups in total. The molecule has 0 bridgehead atoms. The van der Waals surface area contributed by atoms with Crippen LogP contribution in [0, 0.1) is 5.41 Å². The van der Waals surface area contributed by atoms with Gasteiger partial charge in [0.2, 0.25) is 0 Å². The molecule has 3 heteroatoms. The second-order valence-corrected chi connectivity index (χ2v) is 2.87. The van der Waals surface area contributed by atoms with Crippen molar-refractivity contribution in [1.29, 1.82) is 0 Å². The Bertz CT molecular complexity index is 141. The predicted molar refractivity (Wildman–Crippen MR) is 29.5 cm³/mol. The first kappa shape index (κ1) is 8.14. The van der Waals surface area contributed by atoms with Crippen LogP contribution in [0.1, 0.15) is 20.8 Å². The van der Waals surface area contributed by atoms with E-state index in [0.29, 0.717) is 0 Å². The highest BCUT2D eigenvalue weighted by Gasteiger charge is 2.21. The minimum Gasteiger partial charge on any atom is -0.542 e. The van der Waals surface area contributed by atoms with Crippen molar-refractivity contribution in [3.05, 3.63) is 0 Å². The third kappa shape index (κ3) is 2.26. The molecule has 0 aromatic carbocycles. The number of ketones is 1. The first-order chi connectivity index (χ1) is 3.85. The lowest BCUT2D eigenvalue weighted by Gasteiger charge is -2.15. The number of rotatable bonds is 1. The van der Waals surface area contributed by atoms with Crippen molar-refractivity contribution < 1.29 is 14.7 Å². The average Bonchev–Trinajstić information content (AvgIpc) is 1.62. The topological polar surface area (TPSA) is 57.2 Å². The molecule has 0 aliphatic carbocycles. The molecule has 52 valence electrons. The van der Waals surface area contributed by atoms with Gasteiger partial charge in [-0.3, -0.25) is 4.79 Å². The monoisotopic (exact) mass is 129 g/mol. The SMILES string of the molecule is CC(C)(C)C(=O)C(=O)[O-]. The molecule has 0 saturated carbocycles. The van der Waals surface area contributed by atoms with Gasteiger partial charge in [-0.1, -0.05) is 20.8 Å². The highest BCUT2D eigenvalue weighted by Crippen LogP contribution is 2.13. The molecule has 0 spiro atoms. The highest BCUT2D eigenvalue weighted by molar-refractivity contribution is 6.33. The van der Waals surface area contributed by atoms with Crippen LogP contribution in [0.2, 0.25) is 0 Å². The fourth-order valence-corrected chi connectivity index (χ4v) is 0.306. The molecule has 0 atom stereocenters. The quantitative estimate of drug-likeness (QED) is 0.442. The van der Waals surface area contributed by atoms with E-state index in [0.717, 1.165) is 0 Å². The van der Waals surface area contributed by atoms with Crippen LogP contribution in [0.3, 0.4) is 0 Å². The molecule has 0 aromatic heterocycles. The number of carbonyl (C=O) groups is 2. The second-order valence-electron chi connectivity index (χ2n) is 2.87. The lowest BCUT2D eigenvalue weighted by atomic mass is 9.91. The van der Waals surface area contributed by atoms with Gasteiger partial charge in [-0.15, -0.1) is 0 Å². The summed E-state index contributed by atoms with van der Waals surface area (Å²) in [4.78, 5) is 20.4. The molecule has 0 radical (unpaired) electrons. The minimum absolute atomic E-state index is 0.821. The summed E-state index contributed by atoms with van der Waals surface area (Å²) in [5.74, 6) is -2.47. The number of hydrogen-bond donors (Lipinski definition) is 0. The van der Waals surface area contributed by atoms with Crippen molar-refractivity contribution in [2.24, 2.45) is 5.41 Å². The molecule has 0 heterocycles. The van der Waals surface area contributed by atoms with E-state index >= 15 is 0 Å². The van der Waals surface area contributed by atoms with Crippen LogP contribution < -0.4 is 5.11 Å². The maximum Gasteiger partial charge on any atom is 0.183 e. The van der Waals surface area contributed by atoms with Crippen molar-refractivity contribution in [2.75, 3.05) is 0 Å². The predicted octanol–water partition coefficient (Wildman–Crippen LogP) is -0.649. The minimum atomic E-state index is -1.61. The average molecular weight is 129 g/mol. The summed E-state index contributed by atoms with van der Waals surface area (Å²) in [7, 11) is 0. The Morgan fingerprint density at radius 2 is 1.56 bits per heavy atom. The Morgan fingerprint density at radius 3 is 1.56 bits per heavy atom. The molecule has 0 saturated heterocycles. The van der Waals surface area contributed by atoms with Crippen LogP contribution in [0.4, 0.5) is 0 Å². The highest BCUT2D eigenvalue weighted by atomic mass is 16.4. The molecule has 0 aliphatic rings. The van der Waals surface area contributed by atoms with Gasteiger partial charge in [0.15, 0.2) is 5.78 Å². The van der Waals surface area contributed by atoms with E-state index in [2.05, 4.69) is 0 Å². The molecule has 0 unspecified atom stereocenters. The van der Waals surface area contributed by atoms with E-state index in [1.165, 1.54) is 20.8 Å². The first-order valence-corrected chi connectivity index (χ1v) is 2.61. The summed E-state index contributed by atoms with van der Waals surface area (Å²) >= 11 is 0. The molecule has 0 fully saturated rings. The second kappa shape index (κ2) is 2.17. The summed E-state index contributed by atoms with van der Waals surface area (Å²) in [5, 5.41) is 9.89. The van der Waals surface area contributed by atoms with Crippen LogP contribution in [0.15, 0.2) is 0 Å². The lowest BCUT2D eigenvalue weighted by molar-refractivity contribution is -0.301. The van der Waals surface area contributed by atoms with Crippen LogP contribution in [-0.2, 0) is 9.59 Å². The Hall–Kier alpha value is -0.860. The summed E-state index contributed by atoms with van der Waals surface area (Å²) < 4.78 is 0. The number of carbonyl (C=O) groups excluding carboxylic acids is 2. The van der Waals surface area contributed by atoms with Gasteiger partial charge >= 0.3 is 0 Å². The molecule has 3 nitrogen and oxygen atoms in total. The van der Waals surface area contributed by atoms with Crippen LogP contribution in [0.5, 0.6) is 0 Å². The molecular weight excluding hydrogens is 120 g/mol. The van der Waals surface area contributed by atoms with Crippen molar-refractivity contribution in [1.82, 2.24) is 0 Å². The van der Waals surface area contributed by atoms with Crippen LogP contribution >= 0.6 is 0 Å². The van der Waals surface area contributed by atoms with E-state index < -0.39 is 17.2 Å². The van der Waals surface area contributed by atoms with Gasteiger partial charge in [0.25, 0.3) is 0 Å². The zero-order valence-electron chi connectivity index (χ0n) is 5.72. The van der Waals surface area contributed by atoms with Crippen LogP contribution in [0.25, 0.3) is 0 Å². The fourth-order valence-electron chi connectivity index (χ4n) is 0.306. The summed E-state index contributed by atoms with van der Waals surface area (Å²) in [6.07, 6.45) is 0. The number of carboxylic acids is 1. The third-order valence-electron chi connectivity index (χ3n) is 0.867. The third-order valence-corrected chi connectivity index (χ3v) is 0.867. The van der Waals surface area contributed by atoms with Gasteiger partial charge in [-0.2, -0.15) is 0 Å².